The van der Waals surface area contributed by atoms with Crippen molar-refractivity contribution in [1.82, 2.24) is 0 Å². The van der Waals surface area contributed by atoms with Gasteiger partial charge in [0.2, 0.25) is 0 Å². The first-order valence-corrected chi connectivity index (χ1v) is 6.06. The molecular weight excluding hydrogens is 219 g/mol. The van der Waals surface area contributed by atoms with Crippen LogP contribution in [0.1, 0.15) is 19.3 Å². The zero-order chi connectivity index (χ0) is 12.3. The summed E-state index contributed by atoms with van der Waals surface area (Å²) in [6, 6.07) is 6.77. The number of halogens is 1. The third-order valence-electron chi connectivity index (χ3n) is 3.49. The van der Waals surface area contributed by atoms with Crippen molar-refractivity contribution in [2.24, 2.45) is 5.73 Å². The van der Waals surface area contributed by atoms with Gasteiger partial charge in [0.1, 0.15) is 5.82 Å². The normalized spacial score (nSPS) is 25.7. The van der Waals surface area contributed by atoms with Gasteiger partial charge in [-0.1, -0.05) is 12.1 Å². The first-order valence-electron chi connectivity index (χ1n) is 6.06. The quantitative estimate of drug-likeness (QED) is 0.821. The SMILES string of the molecule is NCC1(O)CCCN(c2ccccc2F)CC1. The van der Waals surface area contributed by atoms with Gasteiger partial charge < -0.3 is 15.7 Å². The third kappa shape index (κ3) is 2.76. The molecule has 1 heterocycles. The highest BCUT2D eigenvalue weighted by atomic mass is 19.1. The fourth-order valence-corrected chi connectivity index (χ4v) is 2.33. The fourth-order valence-electron chi connectivity index (χ4n) is 2.33. The summed E-state index contributed by atoms with van der Waals surface area (Å²) in [6.45, 7) is 1.69. The molecule has 0 radical (unpaired) electrons. The molecule has 3 nitrogen and oxygen atoms in total. The second-order valence-electron chi connectivity index (χ2n) is 4.72. The van der Waals surface area contributed by atoms with Crippen molar-refractivity contribution in [3.05, 3.63) is 30.1 Å². The van der Waals surface area contributed by atoms with Crippen LogP contribution in [0.5, 0.6) is 0 Å². The second-order valence-corrected chi connectivity index (χ2v) is 4.72. The van der Waals surface area contributed by atoms with Crippen LogP contribution >= 0.6 is 0 Å². The van der Waals surface area contributed by atoms with Crippen molar-refractivity contribution in [1.29, 1.82) is 0 Å². The van der Waals surface area contributed by atoms with E-state index in [1.54, 1.807) is 12.1 Å². The maximum Gasteiger partial charge on any atom is 0.146 e. The molecule has 1 atom stereocenters. The first-order chi connectivity index (χ1) is 8.14. The van der Waals surface area contributed by atoms with Crippen LogP contribution in [-0.4, -0.2) is 30.3 Å². The molecular formula is C13H19FN2O. The molecule has 17 heavy (non-hydrogen) atoms. The number of nitrogens with zero attached hydrogens (tertiary/aromatic N) is 1. The minimum Gasteiger partial charge on any atom is -0.389 e. The standard InChI is InChI=1S/C13H19FN2O/c14-11-4-1-2-5-12(11)16-8-3-6-13(17,10-15)7-9-16/h1-2,4-5,17H,3,6-10,15H2. The van der Waals surface area contributed by atoms with Crippen LogP contribution in [0.15, 0.2) is 24.3 Å². The van der Waals surface area contributed by atoms with Crippen LogP contribution in [-0.2, 0) is 0 Å². The predicted molar refractivity (Wildman–Crippen MR) is 66.5 cm³/mol. The van der Waals surface area contributed by atoms with Gasteiger partial charge in [-0.2, -0.15) is 0 Å². The van der Waals surface area contributed by atoms with Crippen molar-refractivity contribution >= 4 is 5.69 Å². The van der Waals surface area contributed by atoms with E-state index in [2.05, 4.69) is 0 Å². The molecule has 0 amide bonds. The number of benzene rings is 1. The van der Waals surface area contributed by atoms with Crippen molar-refractivity contribution in [3.63, 3.8) is 0 Å². The van der Waals surface area contributed by atoms with Crippen molar-refractivity contribution in [3.8, 4) is 0 Å². The van der Waals surface area contributed by atoms with E-state index < -0.39 is 5.60 Å². The van der Waals surface area contributed by atoms with E-state index in [4.69, 9.17) is 5.73 Å². The van der Waals surface area contributed by atoms with Crippen LogP contribution in [0, 0.1) is 5.82 Å². The Hall–Kier alpha value is -1.13. The van der Waals surface area contributed by atoms with Gasteiger partial charge in [-0.15, -0.1) is 0 Å². The number of rotatable bonds is 2. The summed E-state index contributed by atoms with van der Waals surface area (Å²) in [7, 11) is 0. The van der Waals surface area contributed by atoms with Crippen molar-refractivity contribution in [2.75, 3.05) is 24.5 Å². The van der Waals surface area contributed by atoms with E-state index in [0.717, 1.165) is 13.0 Å². The van der Waals surface area contributed by atoms with Gasteiger partial charge in [0.15, 0.2) is 0 Å². The maximum absolute atomic E-state index is 13.7. The first kappa shape index (κ1) is 12.3. The molecule has 1 aromatic rings. The van der Waals surface area contributed by atoms with Crippen LogP contribution < -0.4 is 10.6 Å². The van der Waals surface area contributed by atoms with Gasteiger partial charge in [-0.05, 0) is 31.4 Å². The molecule has 1 fully saturated rings. The molecule has 2 rings (SSSR count). The maximum atomic E-state index is 13.7. The molecule has 3 N–H and O–H groups in total. The summed E-state index contributed by atoms with van der Waals surface area (Å²) in [4.78, 5) is 1.99. The Morgan fingerprint density at radius 3 is 2.76 bits per heavy atom. The van der Waals surface area contributed by atoms with E-state index in [9.17, 15) is 9.50 Å². The summed E-state index contributed by atoms with van der Waals surface area (Å²) in [5.41, 5.74) is 5.42. The van der Waals surface area contributed by atoms with Crippen molar-refractivity contribution in [2.45, 2.75) is 24.9 Å². The molecule has 1 aromatic carbocycles. The van der Waals surface area contributed by atoms with Gasteiger partial charge in [-0.3, -0.25) is 0 Å². The molecule has 1 unspecified atom stereocenters. The number of hydrogen-bond acceptors (Lipinski definition) is 3. The van der Waals surface area contributed by atoms with Crippen LogP contribution in [0.3, 0.4) is 0 Å². The van der Waals surface area contributed by atoms with Crippen LogP contribution in [0.4, 0.5) is 10.1 Å². The lowest BCUT2D eigenvalue weighted by Crippen LogP contribution is -2.38. The highest BCUT2D eigenvalue weighted by Gasteiger charge is 2.29. The minimum atomic E-state index is -0.778. The van der Waals surface area contributed by atoms with Gasteiger partial charge in [0.25, 0.3) is 0 Å². The fraction of sp³-hybridized carbons (Fsp3) is 0.538. The summed E-state index contributed by atoms with van der Waals surface area (Å²) in [5, 5.41) is 10.1. The number of anilines is 1. The third-order valence-corrected chi connectivity index (χ3v) is 3.49. The molecule has 4 heteroatoms. The molecule has 94 valence electrons. The zero-order valence-corrected chi connectivity index (χ0v) is 9.90. The highest BCUT2D eigenvalue weighted by molar-refractivity contribution is 5.47. The lowest BCUT2D eigenvalue weighted by atomic mass is 9.95. The van der Waals surface area contributed by atoms with Crippen LogP contribution in [0.25, 0.3) is 0 Å². The molecule has 0 spiro atoms. The lowest BCUT2D eigenvalue weighted by molar-refractivity contribution is 0.0375. The topological polar surface area (TPSA) is 49.5 Å². The summed E-state index contributed by atoms with van der Waals surface area (Å²) < 4.78 is 13.7. The van der Waals surface area contributed by atoms with E-state index >= 15 is 0 Å². The van der Waals surface area contributed by atoms with Gasteiger partial charge >= 0.3 is 0 Å². The van der Waals surface area contributed by atoms with E-state index in [1.165, 1.54) is 6.07 Å². The van der Waals surface area contributed by atoms with Crippen LogP contribution in [0.2, 0.25) is 0 Å². The van der Waals surface area contributed by atoms with Gasteiger partial charge in [0, 0.05) is 19.6 Å². The number of aliphatic hydroxyl groups is 1. The molecule has 1 saturated heterocycles. The Bertz CT molecular complexity index is 385. The Balaban J connectivity index is 2.12. The molecule has 1 aliphatic heterocycles. The Labute approximate surface area is 101 Å². The number of nitrogens with two attached hydrogens (primary N) is 1. The second kappa shape index (κ2) is 5.02. The molecule has 0 aromatic heterocycles. The smallest absolute Gasteiger partial charge is 0.146 e. The summed E-state index contributed by atoms with van der Waals surface area (Å²) >= 11 is 0. The monoisotopic (exact) mass is 238 g/mol. The Morgan fingerprint density at radius 2 is 2.06 bits per heavy atom. The van der Waals surface area contributed by atoms with Gasteiger partial charge in [-0.25, -0.2) is 4.39 Å². The van der Waals surface area contributed by atoms with E-state index in [1.807, 2.05) is 11.0 Å². The lowest BCUT2D eigenvalue weighted by Gasteiger charge is -2.26. The number of hydrogen-bond donors (Lipinski definition) is 2. The average molecular weight is 238 g/mol. The number of para-hydroxylation sites is 1. The molecule has 0 aliphatic carbocycles. The molecule has 1 aliphatic rings. The Morgan fingerprint density at radius 1 is 1.29 bits per heavy atom. The van der Waals surface area contributed by atoms with E-state index in [0.29, 0.717) is 25.1 Å². The molecule has 0 bridgehead atoms. The molecule has 0 saturated carbocycles. The zero-order valence-electron chi connectivity index (χ0n) is 9.90. The summed E-state index contributed by atoms with van der Waals surface area (Å²) in [5.74, 6) is -0.203. The Kier molecular flexibility index (Phi) is 3.64. The summed E-state index contributed by atoms with van der Waals surface area (Å²) in [6.07, 6.45) is 2.12. The van der Waals surface area contributed by atoms with E-state index in [-0.39, 0.29) is 12.4 Å². The minimum absolute atomic E-state index is 0.203. The van der Waals surface area contributed by atoms with Crippen molar-refractivity contribution < 1.29 is 9.50 Å². The van der Waals surface area contributed by atoms with Gasteiger partial charge in [0.05, 0.1) is 11.3 Å². The largest absolute Gasteiger partial charge is 0.389 e. The highest BCUT2D eigenvalue weighted by Crippen LogP contribution is 2.26. The average Bonchev–Trinajstić information content (AvgIpc) is 2.53. The predicted octanol–water partition coefficient (Wildman–Crippen LogP) is 1.51.